The molecule has 0 spiro atoms. The fourth-order valence-corrected chi connectivity index (χ4v) is 5.01. The van der Waals surface area contributed by atoms with Crippen LogP contribution in [0.1, 0.15) is 10.4 Å². The van der Waals surface area contributed by atoms with Crippen molar-refractivity contribution in [2.24, 2.45) is 0 Å². The Bertz CT molecular complexity index is 1120. The van der Waals surface area contributed by atoms with Crippen molar-refractivity contribution >= 4 is 68.4 Å². The number of benzene rings is 1. The van der Waals surface area contributed by atoms with Gasteiger partial charge in [0, 0.05) is 28.5 Å². The van der Waals surface area contributed by atoms with Crippen molar-refractivity contribution in [2.45, 2.75) is 6.42 Å². The van der Waals surface area contributed by atoms with Crippen LogP contribution in [0.15, 0.2) is 46.8 Å². The quantitative estimate of drug-likeness (QED) is 0.446. The van der Waals surface area contributed by atoms with E-state index in [1.54, 1.807) is 12.1 Å². The van der Waals surface area contributed by atoms with Crippen LogP contribution >= 0.6 is 35.3 Å². The van der Waals surface area contributed by atoms with Crippen molar-refractivity contribution in [2.75, 3.05) is 13.1 Å². The van der Waals surface area contributed by atoms with E-state index in [0.717, 1.165) is 21.3 Å². The number of fused-ring (bicyclic) bond motifs is 1. The topological polar surface area (TPSA) is 65.2 Å². The van der Waals surface area contributed by atoms with Crippen LogP contribution in [-0.2, 0) is 16.0 Å². The average molecular weight is 446 g/mol. The highest BCUT2D eigenvalue weighted by atomic mass is 32.2. The molecule has 3 heterocycles. The molecule has 3 aromatic rings. The average Bonchev–Trinajstić information content (AvgIpc) is 3.40. The van der Waals surface area contributed by atoms with E-state index in [0.29, 0.717) is 22.2 Å². The molecule has 2 N–H and O–H groups in total. The molecule has 0 unspecified atom stereocenters. The van der Waals surface area contributed by atoms with Crippen molar-refractivity contribution in [1.82, 2.24) is 15.2 Å². The first-order chi connectivity index (χ1) is 14.0. The number of rotatable bonds is 6. The molecule has 9 heteroatoms. The minimum absolute atomic E-state index is 0.116. The van der Waals surface area contributed by atoms with E-state index >= 15 is 0 Å². The first kappa shape index (κ1) is 19.8. The second-order valence-electron chi connectivity index (χ2n) is 6.39. The molecule has 0 aliphatic carbocycles. The van der Waals surface area contributed by atoms with Crippen molar-refractivity contribution in [3.8, 4) is 0 Å². The second kappa shape index (κ2) is 8.48. The van der Waals surface area contributed by atoms with Crippen molar-refractivity contribution < 1.29 is 14.0 Å². The Morgan fingerprint density at radius 1 is 1.34 bits per heavy atom. The zero-order valence-electron chi connectivity index (χ0n) is 15.1. The first-order valence-corrected chi connectivity index (χ1v) is 10.9. The number of nitrogens with one attached hydrogen (secondary N) is 2. The summed E-state index contributed by atoms with van der Waals surface area (Å²) in [5.74, 6) is -0.840. The van der Waals surface area contributed by atoms with Gasteiger partial charge in [-0.05, 0) is 47.7 Å². The van der Waals surface area contributed by atoms with Crippen LogP contribution in [0.4, 0.5) is 4.39 Å². The van der Waals surface area contributed by atoms with Crippen LogP contribution in [0.5, 0.6) is 0 Å². The largest absolute Gasteiger partial charge is 0.361 e. The van der Waals surface area contributed by atoms with Gasteiger partial charge in [0.15, 0.2) is 0 Å². The van der Waals surface area contributed by atoms with Gasteiger partial charge < -0.3 is 10.3 Å². The third kappa shape index (κ3) is 4.42. The normalized spacial score (nSPS) is 15.6. The molecule has 1 aliphatic heterocycles. The number of aromatic nitrogens is 1. The molecule has 0 atom stereocenters. The molecule has 1 fully saturated rings. The number of thiocarbonyl (C=S) groups is 1. The van der Waals surface area contributed by atoms with Gasteiger partial charge in [-0.1, -0.05) is 30.0 Å². The number of amides is 2. The number of halogens is 1. The van der Waals surface area contributed by atoms with Gasteiger partial charge in [0.25, 0.3) is 5.91 Å². The minimum atomic E-state index is -0.299. The summed E-state index contributed by atoms with van der Waals surface area (Å²) in [6.07, 6.45) is 4.15. The molecule has 5 nitrogen and oxygen atoms in total. The second-order valence-corrected chi connectivity index (χ2v) is 9.04. The highest BCUT2D eigenvalue weighted by molar-refractivity contribution is 8.26. The maximum atomic E-state index is 13.5. The number of aromatic amines is 1. The van der Waals surface area contributed by atoms with Gasteiger partial charge in [0.05, 0.1) is 4.91 Å². The van der Waals surface area contributed by atoms with Gasteiger partial charge >= 0.3 is 0 Å². The lowest BCUT2D eigenvalue weighted by Crippen LogP contribution is -2.40. The Kier molecular flexibility index (Phi) is 5.79. The first-order valence-electron chi connectivity index (χ1n) is 8.82. The molecule has 2 amide bonds. The monoisotopic (exact) mass is 445 g/mol. The third-order valence-electron chi connectivity index (χ3n) is 4.44. The van der Waals surface area contributed by atoms with E-state index in [1.165, 1.54) is 40.1 Å². The molecule has 0 radical (unpaired) electrons. The summed E-state index contributed by atoms with van der Waals surface area (Å²) >= 11 is 8.00. The number of hydrogen-bond donors (Lipinski definition) is 2. The molecule has 2 aromatic heterocycles. The number of carbonyl (C=O) groups is 2. The zero-order valence-corrected chi connectivity index (χ0v) is 17.6. The Balaban J connectivity index is 1.33. The van der Waals surface area contributed by atoms with Crippen molar-refractivity contribution in [3.63, 3.8) is 0 Å². The number of thiophene rings is 1. The van der Waals surface area contributed by atoms with E-state index in [1.807, 2.05) is 23.7 Å². The lowest BCUT2D eigenvalue weighted by atomic mass is 10.1. The van der Waals surface area contributed by atoms with Gasteiger partial charge in [-0.3, -0.25) is 14.5 Å². The summed E-state index contributed by atoms with van der Waals surface area (Å²) in [6, 6.07) is 8.39. The summed E-state index contributed by atoms with van der Waals surface area (Å²) in [5.41, 5.74) is 1.77. The van der Waals surface area contributed by atoms with Crippen LogP contribution in [0.2, 0.25) is 0 Å². The van der Waals surface area contributed by atoms with Gasteiger partial charge in [0.2, 0.25) is 5.91 Å². The van der Waals surface area contributed by atoms with E-state index in [4.69, 9.17) is 12.2 Å². The van der Waals surface area contributed by atoms with E-state index in [2.05, 4.69) is 10.3 Å². The van der Waals surface area contributed by atoms with Crippen molar-refractivity contribution in [3.05, 3.63) is 63.1 Å². The number of nitrogens with zero attached hydrogens (tertiary/aromatic N) is 1. The SMILES string of the molecule is O=C(CN1C(=O)/C(=C/c2cccs2)SC1=S)NCCc1c[nH]c2ccc(F)cc12. The molecular formula is C20H16FN3O2S3. The summed E-state index contributed by atoms with van der Waals surface area (Å²) in [7, 11) is 0. The highest BCUT2D eigenvalue weighted by Gasteiger charge is 2.33. The lowest BCUT2D eigenvalue weighted by Gasteiger charge is -2.14. The minimum Gasteiger partial charge on any atom is -0.361 e. The molecule has 0 saturated carbocycles. The zero-order chi connectivity index (χ0) is 20.4. The van der Waals surface area contributed by atoms with Gasteiger partial charge in [-0.25, -0.2) is 4.39 Å². The molecule has 1 aromatic carbocycles. The Labute approximate surface area is 180 Å². The summed E-state index contributed by atoms with van der Waals surface area (Å²) in [6.45, 7) is 0.261. The highest BCUT2D eigenvalue weighted by Crippen LogP contribution is 2.33. The third-order valence-corrected chi connectivity index (χ3v) is 6.63. The molecule has 148 valence electrons. The van der Waals surface area contributed by atoms with Crippen LogP contribution < -0.4 is 5.32 Å². The molecule has 0 bridgehead atoms. The van der Waals surface area contributed by atoms with Gasteiger partial charge in [0.1, 0.15) is 16.7 Å². The Hall–Kier alpha value is -2.49. The maximum absolute atomic E-state index is 13.5. The van der Waals surface area contributed by atoms with E-state index in [9.17, 15) is 14.0 Å². The molecular weight excluding hydrogens is 429 g/mol. The molecule has 29 heavy (non-hydrogen) atoms. The molecule has 1 saturated heterocycles. The van der Waals surface area contributed by atoms with Crippen LogP contribution in [0.25, 0.3) is 17.0 Å². The van der Waals surface area contributed by atoms with Gasteiger partial charge in [-0.15, -0.1) is 11.3 Å². The molecule has 1 aliphatic rings. The maximum Gasteiger partial charge on any atom is 0.266 e. The number of thioether (sulfide) groups is 1. The van der Waals surface area contributed by atoms with Crippen LogP contribution in [0.3, 0.4) is 0 Å². The predicted molar refractivity (Wildman–Crippen MR) is 119 cm³/mol. The smallest absolute Gasteiger partial charge is 0.266 e. The van der Waals surface area contributed by atoms with E-state index < -0.39 is 0 Å². The Morgan fingerprint density at radius 2 is 2.21 bits per heavy atom. The number of hydrogen-bond acceptors (Lipinski definition) is 5. The lowest BCUT2D eigenvalue weighted by molar-refractivity contribution is -0.128. The fraction of sp³-hybridized carbons (Fsp3) is 0.150. The summed E-state index contributed by atoms with van der Waals surface area (Å²) in [5, 5.41) is 5.54. The number of carbonyl (C=O) groups excluding carboxylic acids is 2. The molecule has 4 rings (SSSR count). The Morgan fingerprint density at radius 3 is 3.00 bits per heavy atom. The van der Waals surface area contributed by atoms with Gasteiger partial charge in [-0.2, -0.15) is 0 Å². The van der Waals surface area contributed by atoms with Crippen molar-refractivity contribution in [1.29, 1.82) is 0 Å². The number of H-pyrrole nitrogens is 1. The van der Waals surface area contributed by atoms with E-state index in [-0.39, 0.29) is 24.2 Å². The van der Waals surface area contributed by atoms with Crippen LogP contribution in [0, 0.1) is 5.82 Å². The predicted octanol–water partition coefficient (Wildman–Crippen LogP) is 3.93. The van der Waals surface area contributed by atoms with Crippen LogP contribution in [-0.4, -0.2) is 39.1 Å². The summed E-state index contributed by atoms with van der Waals surface area (Å²) in [4.78, 5) is 30.7. The fourth-order valence-electron chi connectivity index (χ4n) is 3.03. The standard InChI is InChI=1S/C20H16FN3O2S3/c21-13-3-4-16-15(8-13)12(10-23-16)5-6-22-18(25)11-24-19(26)17(29-20(24)27)9-14-2-1-7-28-14/h1-4,7-10,23H,5-6,11H2,(H,22,25)/b17-9-. The summed E-state index contributed by atoms with van der Waals surface area (Å²) < 4.78 is 13.8.